The molecule has 1 aromatic carbocycles. The molecule has 0 radical (unpaired) electrons. The maximum Gasteiger partial charge on any atom is 0.215 e. The topological polar surface area (TPSA) is 57.0 Å². The lowest BCUT2D eigenvalue weighted by Gasteiger charge is -2.12. The summed E-state index contributed by atoms with van der Waals surface area (Å²) in [7, 11) is 1.90. The zero-order chi connectivity index (χ0) is 19.0. The predicted octanol–water partition coefficient (Wildman–Crippen LogP) is 4.30. The van der Waals surface area contributed by atoms with E-state index >= 15 is 0 Å². The van der Waals surface area contributed by atoms with Crippen molar-refractivity contribution >= 4 is 16.8 Å². The van der Waals surface area contributed by atoms with Crippen LogP contribution in [0.1, 0.15) is 54.8 Å². The summed E-state index contributed by atoms with van der Waals surface area (Å²) < 4.78 is 7.47. The molecule has 0 spiro atoms. The highest BCUT2D eigenvalue weighted by molar-refractivity contribution is 5.81. The Balaban J connectivity index is 1.38. The van der Waals surface area contributed by atoms with Gasteiger partial charge in [-0.2, -0.15) is 10.1 Å². The van der Waals surface area contributed by atoms with Crippen LogP contribution in [0, 0.1) is 6.92 Å². The molecule has 3 aromatic rings. The molecule has 1 atom stereocenters. The Morgan fingerprint density at radius 2 is 1.96 bits per heavy atom. The molecular formula is C22H25N3O2. The average molecular weight is 363 g/mol. The summed E-state index contributed by atoms with van der Waals surface area (Å²) in [6.45, 7) is 4.18. The van der Waals surface area contributed by atoms with E-state index in [4.69, 9.17) is 4.74 Å². The van der Waals surface area contributed by atoms with E-state index in [1.807, 2.05) is 19.2 Å². The molecule has 140 valence electrons. The van der Waals surface area contributed by atoms with Crippen LogP contribution in [0.3, 0.4) is 0 Å². The summed E-state index contributed by atoms with van der Waals surface area (Å²) in [4.78, 5) is 16.9. The van der Waals surface area contributed by atoms with Crippen molar-refractivity contribution in [1.29, 1.82) is 0 Å². The summed E-state index contributed by atoms with van der Waals surface area (Å²) in [6, 6.07) is 12.2. The van der Waals surface area contributed by atoms with Crippen molar-refractivity contribution in [1.82, 2.24) is 14.8 Å². The van der Waals surface area contributed by atoms with Crippen LogP contribution in [0.2, 0.25) is 0 Å². The minimum atomic E-state index is 0.0437. The highest BCUT2D eigenvalue weighted by Gasteiger charge is 2.29. The van der Waals surface area contributed by atoms with E-state index in [1.54, 1.807) is 4.68 Å². The summed E-state index contributed by atoms with van der Waals surface area (Å²) in [5.74, 6) is 1.31. The Morgan fingerprint density at radius 3 is 2.67 bits per heavy atom. The number of carbonyl (C=O) groups is 1. The molecule has 0 saturated heterocycles. The number of fused-ring (bicyclic) bond motifs is 1. The lowest BCUT2D eigenvalue weighted by atomic mass is 9.95. The van der Waals surface area contributed by atoms with Crippen LogP contribution >= 0.6 is 0 Å². The van der Waals surface area contributed by atoms with Crippen LogP contribution in [0.25, 0.3) is 11.0 Å². The molecule has 1 saturated carbocycles. The molecular weight excluding hydrogens is 338 g/mol. The van der Waals surface area contributed by atoms with E-state index in [0.717, 1.165) is 16.7 Å². The standard InChI is InChI=1S/C22H25N3O2/c1-14-4-6-16(7-5-14)15(2)12-18(26)13-27-20-11-10-19-21(17-8-9-17)24-25(3)22(19)23-20/h4-7,10-11,15,17H,8-9,12-13H2,1-3H3/t15-/m1/s1. The number of ether oxygens (including phenoxy) is 1. The first-order valence-electron chi connectivity index (χ1n) is 9.56. The van der Waals surface area contributed by atoms with Crippen molar-refractivity contribution in [3.8, 4) is 5.88 Å². The van der Waals surface area contributed by atoms with Gasteiger partial charge in [0.2, 0.25) is 5.88 Å². The molecule has 0 bridgehead atoms. The number of Topliss-reactive ketones (excluding diaryl/α,β-unsaturated/α-hetero) is 1. The molecule has 1 aliphatic rings. The minimum absolute atomic E-state index is 0.0437. The summed E-state index contributed by atoms with van der Waals surface area (Å²) in [5, 5.41) is 5.69. The smallest absolute Gasteiger partial charge is 0.215 e. The number of hydrogen-bond donors (Lipinski definition) is 0. The molecule has 27 heavy (non-hydrogen) atoms. The molecule has 0 amide bonds. The fourth-order valence-corrected chi connectivity index (χ4v) is 3.45. The molecule has 5 heteroatoms. The number of benzene rings is 1. The van der Waals surface area contributed by atoms with Gasteiger partial charge in [0.15, 0.2) is 11.4 Å². The first-order chi connectivity index (χ1) is 13.0. The predicted molar refractivity (Wildman–Crippen MR) is 105 cm³/mol. The van der Waals surface area contributed by atoms with Crippen LogP contribution < -0.4 is 4.74 Å². The zero-order valence-electron chi connectivity index (χ0n) is 16.1. The molecule has 5 nitrogen and oxygen atoms in total. The number of aryl methyl sites for hydroxylation is 2. The van der Waals surface area contributed by atoms with Crippen molar-refractivity contribution in [3.05, 3.63) is 53.2 Å². The third-order valence-corrected chi connectivity index (χ3v) is 5.22. The Labute approximate surface area is 159 Å². The van der Waals surface area contributed by atoms with E-state index in [1.165, 1.54) is 24.0 Å². The van der Waals surface area contributed by atoms with Crippen LogP contribution in [0.4, 0.5) is 0 Å². The van der Waals surface area contributed by atoms with E-state index in [2.05, 4.69) is 48.2 Å². The van der Waals surface area contributed by atoms with Crippen LogP contribution in [0.15, 0.2) is 36.4 Å². The number of hydrogen-bond acceptors (Lipinski definition) is 4. The Hall–Kier alpha value is -2.69. The second-order valence-electron chi connectivity index (χ2n) is 7.65. The quantitative estimate of drug-likeness (QED) is 0.628. The molecule has 0 N–H and O–H groups in total. The van der Waals surface area contributed by atoms with Gasteiger partial charge < -0.3 is 4.74 Å². The summed E-state index contributed by atoms with van der Waals surface area (Å²) >= 11 is 0. The number of pyridine rings is 1. The lowest BCUT2D eigenvalue weighted by molar-refractivity contribution is -0.121. The van der Waals surface area contributed by atoms with Crippen LogP contribution in [-0.4, -0.2) is 27.2 Å². The minimum Gasteiger partial charge on any atom is -0.470 e. The van der Waals surface area contributed by atoms with Crippen LogP contribution in [0.5, 0.6) is 5.88 Å². The van der Waals surface area contributed by atoms with E-state index in [9.17, 15) is 4.79 Å². The van der Waals surface area contributed by atoms with Gasteiger partial charge in [0, 0.05) is 30.8 Å². The lowest BCUT2D eigenvalue weighted by Crippen LogP contribution is -2.14. The molecule has 2 aromatic heterocycles. The number of rotatable bonds is 7. The van der Waals surface area contributed by atoms with Gasteiger partial charge in [-0.25, -0.2) is 0 Å². The van der Waals surface area contributed by atoms with Crippen molar-refractivity contribution < 1.29 is 9.53 Å². The van der Waals surface area contributed by atoms with Crippen LogP contribution in [-0.2, 0) is 11.8 Å². The van der Waals surface area contributed by atoms with E-state index in [-0.39, 0.29) is 18.3 Å². The van der Waals surface area contributed by atoms with E-state index < -0.39 is 0 Å². The molecule has 1 fully saturated rings. The van der Waals surface area contributed by atoms with Gasteiger partial charge in [-0.1, -0.05) is 36.8 Å². The van der Waals surface area contributed by atoms with Crippen molar-refractivity contribution in [2.24, 2.45) is 7.05 Å². The molecule has 4 rings (SSSR count). The Bertz CT molecular complexity index is 971. The summed E-state index contributed by atoms with van der Waals surface area (Å²) in [5.41, 5.74) is 4.35. The van der Waals surface area contributed by atoms with Gasteiger partial charge in [0.1, 0.15) is 6.61 Å². The normalized spacial score (nSPS) is 15.1. The molecule has 0 aliphatic heterocycles. The highest BCUT2D eigenvalue weighted by Crippen LogP contribution is 2.42. The third kappa shape index (κ3) is 3.87. The molecule has 2 heterocycles. The largest absolute Gasteiger partial charge is 0.470 e. The number of ketones is 1. The van der Waals surface area contributed by atoms with Gasteiger partial charge in [-0.15, -0.1) is 0 Å². The number of carbonyl (C=O) groups excluding carboxylic acids is 1. The van der Waals surface area contributed by atoms with Crippen molar-refractivity contribution in [2.45, 2.75) is 44.9 Å². The first-order valence-corrected chi connectivity index (χ1v) is 9.56. The SMILES string of the molecule is Cc1ccc([C@H](C)CC(=O)COc2ccc3c(C4CC4)nn(C)c3n2)cc1. The number of nitrogens with zero attached hydrogens (tertiary/aromatic N) is 3. The van der Waals surface area contributed by atoms with Gasteiger partial charge in [0.25, 0.3) is 0 Å². The fraction of sp³-hybridized carbons (Fsp3) is 0.409. The second-order valence-corrected chi connectivity index (χ2v) is 7.65. The average Bonchev–Trinajstić information content (AvgIpc) is 3.45. The molecule has 1 aliphatic carbocycles. The van der Waals surface area contributed by atoms with Crippen molar-refractivity contribution in [2.75, 3.05) is 6.61 Å². The maximum atomic E-state index is 12.3. The Kier molecular flexibility index (Phi) is 4.68. The van der Waals surface area contributed by atoms with Crippen molar-refractivity contribution in [3.63, 3.8) is 0 Å². The Morgan fingerprint density at radius 1 is 1.22 bits per heavy atom. The second kappa shape index (κ2) is 7.14. The molecule has 0 unspecified atom stereocenters. The first kappa shape index (κ1) is 17.7. The van der Waals surface area contributed by atoms with Gasteiger partial charge >= 0.3 is 0 Å². The fourth-order valence-electron chi connectivity index (χ4n) is 3.45. The number of aromatic nitrogens is 3. The third-order valence-electron chi connectivity index (χ3n) is 5.22. The van der Waals surface area contributed by atoms with Gasteiger partial charge in [0.05, 0.1) is 5.69 Å². The van der Waals surface area contributed by atoms with E-state index in [0.29, 0.717) is 18.2 Å². The highest BCUT2D eigenvalue weighted by atomic mass is 16.5. The van der Waals surface area contributed by atoms with Gasteiger partial charge in [-0.3, -0.25) is 9.48 Å². The zero-order valence-corrected chi connectivity index (χ0v) is 16.1. The monoisotopic (exact) mass is 363 g/mol. The maximum absolute atomic E-state index is 12.3. The van der Waals surface area contributed by atoms with Gasteiger partial charge in [-0.05, 0) is 37.3 Å². The summed E-state index contributed by atoms with van der Waals surface area (Å²) in [6.07, 6.45) is 2.87.